The van der Waals surface area contributed by atoms with Crippen molar-refractivity contribution in [2.24, 2.45) is 0 Å². The van der Waals surface area contributed by atoms with Gasteiger partial charge in [0.1, 0.15) is 5.75 Å². The molecule has 0 bridgehead atoms. The lowest BCUT2D eigenvalue weighted by Crippen LogP contribution is -2.13. The fourth-order valence-corrected chi connectivity index (χ4v) is 1.45. The first kappa shape index (κ1) is 13.5. The second-order valence-corrected chi connectivity index (χ2v) is 3.79. The summed E-state index contributed by atoms with van der Waals surface area (Å²) in [6.45, 7) is -0.441. The molecule has 0 spiro atoms. The Morgan fingerprint density at radius 1 is 1.25 bits per heavy atom. The van der Waals surface area contributed by atoms with Gasteiger partial charge in [-0.15, -0.1) is 11.6 Å². The normalized spacial score (nSPS) is 11.6. The van der Waals surface area contributed by atoms with Gasteiger partial charge in [0.15, 0.2) is 0 Å². The predicted molar refractivity (Wildman–Crippen MR) is 57.2 cm³/mol. The van der Waals surface area contributed by atoms with Crippen LogP contribution in [0.1, 0.15) is 12.0 Å². The third-order valence-corrected chi connectivity index (χ3v) is 2.40. The zero-order chi connectivity index (χ0) is 12.2. The van der Waals surface area contributed by atoms with E-state index < -0.39 is 19.2 Å². The number of halogens is 5. The summed E-state index contributed by atoms with van der Waals surface area (Å²) in [5.41, 5.74) is 0.787. The van der Waals surface area contributed by atoms with Crippen LogP contribution in [0.4, 0.5) is 13.2 Å². The second kappa shape index (κ2) is 5.64. The Morgan fingerprint density at radius 2 is 1.94 bits per heavy atom. The van der Waals surface area contributed by atoms with Gasteiger partial charge >= 0.3 is 6.18 Å². The zero-order valence-corrected chi connectivity index (χ0v) is 9.66. The maximum Gasteiger partial charge on any atom is 0.392 e. The smallest absolute Gasteiger partial charge is 0.392 e. The van der Waals surface area contributed by atoms with E-state index in [1.807, 2.05) is 0 Å². The maximum absolute atomic E-state index is 11.8. The maximum atomic E-state index is 11.8. The van der Waals surface area contributed by atoms with Gasteiger partial charge in [-0.2, -0.15) is 13.2 Å². The van der Waals surface area contributed by atoms with Crippen LogP contribution in [0.25, 0.3) is 0 Å². The van der Waals surface area contributed by atoms with Crippen molar-refractivity contribution in [3.63, 3.8) is 0 Å². The summed E-state index contributed by atoms with van der Waals surface area (Å²) in [5.74, 6) is 0.530. The Balaban J connectivity index is 2.55. The largest absolute Gasteiger partial charge is 0.492 e. The van der Waals surface area contributed by atoms with Crippen molar-refractivity contribution in [3.05, 3.63) is 28.8 Å². The molecule has 90 valence electrons. The molecule has 0 aromatic heterocycles. The SMILES string of the molecule is FC(F)(F)CCOc1ccc(CCl)cc1Cl. The number of benzene rings is 1. The van der Waals surface area contributed by atoms with Crippen molar-refractivity contribution in [2.45, 2.75) is 18.5 Å². The highest BCUT2D eigenvalue weighted by Crippen LogP contribution is 2.27. The van der Waals surface area contributed by atoms with Crippen molar-refractivity contribution < 1.29 is 17.9 Å². The average molecular weight is 273 g/mol. The molecule has 1 nitrogen and oxygen atoms in total. The Hall–Kier alpha value is -0.610. The van der Waals surface area contributed by atoms with Crippen LogP contribution in [0.5, 0.6) is 5.75 Å². The van der Waals surface area contributed by atoms with Crippen LogP contribution in [0, 0.1) is 0 Å². The first-order valence-electron chi connectivity index (χ1n) is 4.46. The molecule has 0 saturated heterocycles. The minimum absolute atomic E-state index is 0.236. The first-order chi connectivity index (χ1) is 7.42. The Morgan fingerprint density at radius 3 is 2.44 bits per heavy atom. The standard InChI is InChI=1S/C10H9Cl2F3O/c11-6-7-1-2-9(8(12)5-7)16-4-3-10(13,14)15/h1-2,5H,3-4,6H2. The van der Waals surface area contributed by atoms with Gasteiger partial charge in [0.25, 0.3) is 0 Å². The predicted octanol–water partition coefficient (Wildman–Crippen LogP) is 4.41. The van der Waals surface area contributed by atoms with Crippen LogP contribution in [-0.4, -0.2) is 12.8 Å². The Labute approximate surface area is 101 Å². The lowest BCUT2D eigenvalue weighted by atomic mass is 10.2. The van der Waals surface area contributed by atoms with Crippen molar-refractivity contribution in [3.8, 4) is 5.75 Å². The van der Waals surface area contributed by atoms with E-state index in [1.54, 1.807) is 12.1 Å². The van der Waals surface area contributed by atoms with E-state index in [0.717, 1.165) is 5.56 Å². The molecule has 0 unspecified atom stereocenters. The van der Waals surface area contributed by atoms with Gasteiger partial charge in [-0.05, 0) is 17.7 Å². The fraction of sp³-hybridized carbons (Fsp3) is 0.400. The molecule has 0 fully saturated rings. The van der Waals surface area contributed by atoms with Crippen LogP contribution in [0.15, 0.2) is 18.2 Å². The van der Waals surface area contributed by atoms with Crippen molar-refractivity contribution in [1.82, 2.24) is 0 Å². The van der Waals surface area contributed by atoms with Gasteiger partial charge < -0.3 is 4.74 Å². The van der Waals surface area contributed by atoms with Gasteiger partial charge in [-0.25, -0.2) is 0 Å². The summed E-state index contributed by atoms with van der Waals surface area (Å²) in [4.78, 5) is 0. The molecule has 0 saturated carbocycles. The van der Waals surface area contributed by atoms with Crippen molar-refractivity contribution >= 4 is 23.2 Å². The van der Waals surface area contributed by atoms with E-state index in [1.165, 1.54) is 6.07 Å². The van der Waals surface area contributed by atoms with E-state index in [-0.39, 0.29) is 10.8 Å². The third kappa shape index (κ3) is 4.49. The summed E-state index contributed by atoms with van der Waals surface area (Å²) in [5, 5.41) is 0.264. The minimum atomic E-state index is -4.22. The number of hydrogen-bond acceptors (Lipinski definition) is 1. The lowest BCUT2D eigenvalue weighted by molar-refractivity contribution is -0.139. The van der Waals surface area contributed by atoms with Gasteiger partial charge in [0, 0.05) is 5.88 Å². The number of ether oxygens (including phenoxy) is 1. The third-order valence-electron chi connectivity index (χ3n) is 1.79. The van der Waals surface area contributed by atoms with Gasteiger partial charge in [-0.1, -0.05) is 17.7 Å². The van der Waals surface area contributed by atoms with E-state index in [9.17, 15) is 13.2 Å². The minimum Gasteiger partial charge on any atom is -0.492 e. The molecule has 0 aliphatic rings. The van der Waals surface area contributed by atoms with E-state index in [0.29, 0.717) is 5.88 Å². The lowest BCUT2D eigenvalue weighted by Gasteiger charge is -2.10. The Bertz CT molecular complexity index is 352. The van der Waals surface area contributed by atoms with Crippen LogP contribution in [0.2, 0.25) is 5.02 Å². The fourth-order valence-electron chi connectivity index (χ4n) is 1.02. The van der Waals surface area contributed by atoms with E-state index in [4.69, 9.17) is 27.9 Å². The molecule has 0 aliphatic heterocycles. The molecular weight excluding hydrogens is 264 g/mol. The number of rotatable bonds is 4. The molecule has 1 rings (SSSR count). The highest BCUT2D eigenvalue weighted by Gasteiger charge is 2.26. The van der Waals surface area contributed by atoms with E-state index >= 15 is 0 Å². The molecule has 0 aliphatic carbocycles. The molecule has 1 aromatic rings. The van der Waals surface area contributed by atoms with Gasteiger partial charge in [0.05, 0.1) is 18.1 Å². The van der Waals surface area contributed by atoms with Crippen LogP contribution >= 0.6 is 23.2 Å². The molecule has 0 radical (unpaired) electrons. The molecule has 0 atom stereocenters. The second-order valence-electron chi connectivity index (χ2n) is 3.11. The van der Waals surface area contributed by atoms with Gasteiger partial charge in [-0.3, -0.25) is 0 Å². The monoisotopic (exact) mass is 272 g/mol. The van der Waals surface area contributed by atoms with Crippen LogP contribution < -0.4 is 4.74 Å². The summed E-state index contributed by atoms with van der Waals surface area (Å²) in [7, 11) is 0. The van der Waals surface area contributed by atoms with Gasteiger partial charge in [0.2, 0.25) is 0 Å². The molecule has 6 heteroatoms. The average Bonchev–Trinajstić information content (AvgIpc) is 2.18. The topological polar surface area (TPSA) is 9.23 Å². The molecule has 0 N–H and O–H groups in total. The summed E-state index contributed by atoms with van der Waals surface area (Å²) < 4.78 is 40.5. The highest BCUT2D eigenvalue weighted by atomic mass is 35.5. The number of alkyl halides is 4. The van der Waals surface area contributed by atoms with Crippen LogP contribution in [0.3, 0.4) is 0 Å². The summed E-state index contributed by atoms with van der Waals surface area (Å²) >= 11 is 11.4. The summed E-state index contributed by atoms with van der Waals surface area (Å²) in [6, 6.07) is 4.73. The van der Waals surface area contributed by atoms with E-state index in [2.05, 4.69) is 0 Å². The quantitative estimate of drug-likeness (QED) is 0.738. The molecular formula is C10H9Cl2F3O. The number of hydrogen-bond donors (Lipinski definition) is 0. The molecule has 16 heavy (non-hydrogen) atoms. The first-order valence-corrected chi connectivity index (χ1v) is 5.37. The molecule has 0 heterocycles. The summed E-state index contributed by atoms with van der Waals surface area (Å²) in [6.07, 6.45) is -5.22. The highest BCUT2D eigenvalue weighted by molar-refractivity contribution is 6.32. The van der Waals surface area contributed by atoms with Crippen LogP contribution in [-0.2, 0) is 5.88 Å². The molecule has 0 amide bonds. The zero-order valence-electron chi connectivity index (χ0n) is 8.15. The van der Waals surface area contributed by atoms with Crippen molar-refractivity contribution in [2.75, 3.05) is 6.61 Å². The van der Waals surface area contributed by atoms with Crippen molar-refractivity contribution in [1.29, 1.82) is 0 Å². The molecule has 1 aromatic carbocycles. The Kier molecular flexibility index (Phi) is 4.74.